The van der Waals surface area contributed by atoms with E-state index in [-0.39, 0.29) is 12.5 Å². The standard InChI is InChI=1S/C12H20N4O2/c1-4-16(5-2)11-7-10(13-8-14-11)15-9(3)6-12(17)18/h7-9H,4-6H2,1-3H3,(H,17,18)(H,13,14,15). The Labute approximate surface area is 107 Å². The van der Waals surface area contributed by atoms with Crippen LogP contribution in [0.1, 0.15) is 27.2 Å². The highest BCUT2D eigenvalue weighted by Crippen LogP contribution is 2.14. The molecule has 1 atom stereocenters. The van der Waals surface area contributed by atoms with Crippen LogP contribution in [0.25, 0.3) is 0 Å². The van der Waals surface area contributed by atoms with Crippen LogP contribution >= 0.6 is 0 Å². The second kappa shape index (κ2) is 6.78. The van der Waals surface area contributed by atoms with Gasteiger partial charge in [-0.15, -0.1) is 0 Å². The number of hydrogen-bond acceptors (Lipinski definition) is 5. The van der Waals surface area contributed by atoms with Gasteiger partial charge >= 0.3 is 5.97 Å². The second-order valence-electron chi connectivity index (χ2n) is 4.08. The van der Waals surface area contributed by atoms with Crippen molar-refractivity contribution in [2.45, 2.75) is 33.2 Å². The van der Waals surface area contributed by atoms with Gasteiger partial charge < -0.3 is 15.3 Å². The molecule has 0 amide bonds. The SMILES string of the molecule is CCN(CC)c1cc(NC(C)CC(=O)O)ncn1. The highest BCUT2D eigenvalue weighted by atomic mass is 16.4. The lowest BCUT2D eigenvalue weighted by Gasteiger charge is -2.20. The molecule has 6 heteroatoms. The largest absolute Gasteiger partial charge is 0.481 e. The number of carboxylic acids is 1. The lowest BCUT2D eigenvalue weighted by Crippen LogP contribution is -2.24. The summed E-state index contributed by atoms with van der Waals surface area (Å²) < 4.78 is 0. The highest BCUT2D eigenvalue weighted by molar-refractivity contribution is 5.68. The van der Waals surface area contributed by atoms with Crippen LogP contribution < -0.4 is 10.2 Å². The number of hydrogen-bond donors (Lipinski definition) is 2. The van der Waals surface area contributed by atoms with Crippen LogP contribution in [0.15, 0.2) is 12.4 Å². The van der Waals surface area contributed by atoms with E-state index in [9.17, 15) is 4.79 Å². The number of nitrogens with one attached hydrogen (secondary N) is 1. The zero-order valence-electron chi connectivity index (χ0n) is 11.1. The summed E-state index contributed by atoms with van der Waals surface area (Å²) in [7, 11) is 0. The number of aromatic nitrogens is 2. The Morgan fingerprint density at radius 3 is 2.67 bits per heavy atom. The van der Waals surface area contributed by atoms with E-state index >= 15 is 0 Å². The smallest absolute Gasteiger partial charge is 0.305 e. The molecule has 0 spiro atoms. The van der Waals surface area contributed by atoms with Gasteiger partial charge in [0.2, 0.25) is 0 Å². The van der Waals surface area contributed by atoms with Crippen LogP contribution in [0.5, 0.6) is 0 Å². The first-order valence-corrected chi connectivity index (χ1v) is 6.12. The van der Waals surface area contributed by atoms with E-state index in [0.29, 0.717) is 5.82 Å². The third-order valence-corrected chi connectivity index (χ3v) is 2.62. The van der Waals surface area contributed by atoms with E-state index < -0.39 is 5.97 Å². The van der Waals surface area contributed by atoms with Crippen molar-refractivity contribution in [1.29, 1.82) is 0 Å². The van der Waals surface area contributed by atoms with Gasteiger partial charge in [0, 0.05) is 25.2 Å². The Balaban J connectivity index is 2.72. The van der Waals surface area contributed by atoms with Crippen molar-refractivity contribution in [3.05, 3.63) is 12.4 Å². The van der Waals surface area contributed by atoms with E-state index in [1.807, 2.05) is 13.0 Å². The molecule has 0 saturated heterocycles. The molecule has 0 bridgehead atoms. The van der Waals surface area contributed by atoms with Gasteiger partial charge in [0.1, 0.15) is 18.0 Å². The van der Waals surface area contributed by atoms with Crippen molar-refractivity contribution < 1.29 is 9.90 Å². The van der Waals surface area contributed by atoms with Crippen LogP contribution in [0.3, 0.4) is 0 Å². The molecule has 0 aromatic carbocycles. The molecule has 100 valence electrons. The first-order valence-electron chi connectivity index (χ1n) is 6.12. The minimum atomic E-state index is -0.826. The first-order chi connectivity index (χ1) is 8.56. The second-order valence-corrected chi connectivity index (χ2v) is 4.08. The summed E-state index contributed by atoms with van der Waals surface area (Å²) >= 11 is 0. The van der Waals surface area contributed by atoms with Gasteiger partial charge in [0.05, 0.1) is 6.42 Å². The van der Waals surface area contributed by atoms with E-state index in [2.05, 4.69) is 34.0 Å². The van der Waals surface area contributed by atoms with Crippen LogP contribution in [0.2, 0.25) is 0 Å². The summed E-state index contributed by atoms with van der Waals surface area (Å²) in [6.07, 6.45) is 1.55. The van der Waals surface area contributed by atoms with Crippen molar-refractivity contribution in [3.8, 4) is 0 Å². The van der Waals surface area contributed by atoms with E-state index in [1.165, 1.54) is 6.33 Å². The quantitative estimate of drug-likeness (QED) is 0.767. The molecule has 0 aliphatic heterocycles. The Bertz CT molecular complexity index is 393. The lowest BCUT2D eigenvalue weighted by atomic mass is 10.2. The van der Waals surface area contributed by atoms with Crippen molar-refractivity contribution in [1.82, 2.24) is 9.97 Å². The monoisotopic (exact) mass is 252 g/mol. The lowest BCUT2D eigenvalue weighted by molar-refractivity contribution is -0.137. The summed E-state index contributed by atoms with van der Waals surface area (Å²) in [4.78, 5) is 21.0. The number of aliphatic carboxylic acids is 1. The Kier molecular flexibility index (Phi) is 5.35. The average molecular weight is 252 g/mol. The minimum Gasteiger partial charge on any atom is -0.481 e. The van der Waals surface area contributed by atoms with Gasteiger partial charge in [0.15, 0.2) is 0 Å². The van der Waals surface area contributed by atoms with Gasteiger partial charge in [-0.05, 0) is 20.8 Å². The molecule has 0 aliphatic carbocycles. The fourth-order valence-corrected chi connectivity index (χ4v) is 1.71. The van der Waals surface area contributed by atoms with Gasteiger partial charge in [-0.3, -0.25) is 4.79 Å². The molecule has 6 nitrogen and oxygen atoms in total. The molecule has 1 aromatic rings. The fourth-order valence-electron chi connectivity index (χ4n) is 1.71. The summed E-state index contributed by atoms with van der Waals surface area (Å²) in [6.45, 7) is 7.68. The summed E-state index contributed by atoms with van der Waals surface area (Å²) in [6, 6.07) is 1.67. The maximum atomic E-state index is 10.6. The van der Waals surface area contributed by atoms with Crippen LogP contribution in [0.4, 0.5) is 11.6 Å². The van der Waals surface area contributed by atoms with Crippen LogP contribution in [0, 0.1) is 0 Å². The molecule has 0 fully saturated rings. The molecule has 18 heavy (non-hydrogen) atoms. The molecule has 2 N–H and O–H groups in total. The fraction of sp³-hybridized carbons (Fsp3) is 0.583. The minimum absolute atomic E-state index is 0.0601. The topological polar surface area (TPSA) is 78.4 Å². The molecule has 0 radical (unpaired) electrons. The third-order valence-electron chi connectivity index (χ3n) is 2.62. The zero-order valence-corrected chi connectivity index (χ0v) is 11.1. The molecule has 0 aliphatic rings. The number of carbonyl (C=O) groups is 1. The molecular formula is C12H20N4O2. The molecule has 1 heterocycles. The normalized spacial score (nSPS) is 11.9. The number of rotatable bonds is 7. The Morgan fingerprint density at radius 1 is 1.44 bits per heavy atom. The molecule has 0 saturated carbocycles. The van der Waals surface area contributed by atoms with Crippen molar-refractivity contribution in [3.63, 3.8) is 0 Å². The van der Waals surface area contributed by atoms with E-state index in [1.54, 1.807) is 0 Å². The van der Waals surface area contributed by atoms with Gasteiger partial charge in [0.25, 0.3) is 0 Å². The zero-order chi connectivity index (χ0) is 13.5. The van der Waals surface area contributed by atoms with Gasteiger partial charge in [-0.25, -0.2) is 9.97 Å². The van der Waals surface area contributed by atoms with Gasteiger partial charge in [-0.1, -0.05) is 0 Å². The van der Waals surface area contributed by atoms with Gasteiger partial charge in [-0.2, -0.15) is 0 Å². The van der Waals surface area contributed by atoms with Crippen LogP contribution in [-0.4, -0.2) is 40.2 Å². The van der Waals surface area contributed by atoms with E-state index in [4.69, 9.17) is 5.11 Å². The van der Waals surface area contributed by atoms with Crippen LogP contribution in [-0.2, 0) is 4.79 Å². The maximum absolute atomic E-state index is 10.6. The molecule has 1 aromatic heterocycles. The maximum Gasteiger partial charge on any atom is 0.305 e. The molecule has 1 rings (SSSR count). The van der Waals surface area contributed by atoms with Crippen molar-refractivity contribution in [2.75, 3.05) is 23.3 Å². The van der Waals surface area contributed by atoms with Crippen molar-refractivity contribution in [2.24, 2.45) is 0 Å². The number of nitrogens with zero attached hydrogens (tertiary/aromatic N) is 3. The molecule has 1 unspecified atom stereocenters. The van der Waals surface area contributed by atoms with Crippen molar-refractivity contribution >= 4 is 17.6 Å². The highest BCUT2D eigenvalue weighted by Gasteiger charge is 2.09. The summed E-state index contributed by atoms with van der Waals surface area (Å²) in [5.41, 5.74) is 0. The van der Waals surface area contributed by atoms with E-state index in [0.717, 1.165) is 18.9 Å². The number of carboxylic acid groups (broad SMARTS) is 1. The Hall–Kier alpha value is -1.85. The predicted molar refractivity (Wildman–Crippen MR) is 70.9 cm³/mol. The summed E-state index contributed by atoms with van der Waals surface area (Å²) in [5, 5.41) is 11.8. The average Bonchev–Trinajstić information content (AvgIpc) is 2.29. The third kappa shape index (κ3) is 4.20. The molecular weight excluding hydrogens is 232 g/mol. The Morgan fingerprint density at radius 2 is 2.11 bits per heavy atom. The summed E-state index contributed by atoms with van der Waals surface area (Å²) in [5.74, 6) is 0.675. The first kappa shape index (κ1) is 14.2. The number of anilines is 2. The predicted octanol–water partition coefficient (Wildman–Crippen LogP) is 1.60.